The smallest absolute Gasteiger partial charge is 0.239 e. The summed E-state index contributed by atoms with van der Waals surface area (Å²) in [6.07, 6.45) is 2.63. The highest BCUT2D eigenvalue weighted by Crippen LogP contribution is 2.26. The predicted octanol–water partition coefficient (Wildman–Crippen LogP) is 2.38. The predicted molar refractivity (Wildman–Crippen MR) is 81.8 cm³/mol. The van der Waals surface area contributed by atoms with E-state index in [1.807, 2.05) is 25.1 Å². The van der Waals surface area contributed by atoms with E-state index in [-0.39, 0.29) is 18.2 Å². The van der Waals surface area contributed by atoms with Gasteiger partial charge in [-0.15, -0.1) is 0 Å². The standard InChI is InChI=1S/C16H20N2O3/c1-4-7-17-16(20)10-18-9-14(11(2)19)13-8-12(21-3)5-6-15(13)18/h5-6,8-9H,4,7,10H2,1-3H3,(H,17,20). The third-order valence-corrected chi connectivity index (χ3v) is 3.35. The molecule has 2 aromatic rings. The van der Waals surface area contributed by atoms with E-state index in [4.69, 9.17) is 4.74 Å². The molecule has 0 fully saturated rings. The molecule has 0 aliphatic carbocycles. The number of aromatic nitrogens is 1. The van der Waals surface area contributed by atoms with Gasteiger partial charge in [0.25, 0.3) is 0 Å². The van der Waals surface area contributed by atoms with Gasteiger partial charge in [-0.1, -0.05) is 6.92 Å². The first-order valence-electron chi connectivity index (χ1n) is 7.01. The zero-order valence-corrected chi connectivity index (χ0v) is 12.6. The molecular weight excluding hydrogens is 268 g/mol. The van der Waals surface area contributed by atoms with E-state index in [9.17, 15) is 9.59 Å². The summed E-state index contributed by atoms with van der Waals surface area (Å²) in [5.41, 5.74) is 1.46. The lowest BCUT2D eigenvalue weighted by molar-refractivity contribution is -0.121. The maximum atomic E-state index is 11.9. The van der Waals surface area contributed by atoms with Gasteiger partial charge >= 0.3 is 0 Å². The quantitative estimate of drug-likeness (QED) is 0.830. The summed E-state index contributed by atoms with van der Waals surface area (Å²) < 4.78 is 7.00. The molecule has 21 heavy (non-hydrogen) atoms. The van der Waals surface area contributed by atoms with Gasteiger partial charge in [0.1, 0.15) is 12.3 Å². The van der Waals surface area contributed by atoms with Crippen LogP contribution in [-0.4, -0.2) is 29.9 Å². The van der Waals surface area contributed by atoms with Crippen molar-refractivity contribution in [2.45, 2.75) is 26.8 Å². The van der Waals surface area contributed by atoms with Crippen LogP contribution in [-0.2, 0) is 11.3 Å². The number of nitrogens with one attached hydrogen (secondary N) is 1. The van der Waals surface area contributed by atoms with E-state index in [2.05, 4.69) is 5.32 Å². The van der Waals surface area contributed by atoms with Crippen LogP contribution in [0.5, 0.6) is 5.75 Å². The summed E-state index contributed by atoms with van der Waals surface area (Å²) in [6.45, 7) is 4.39. The van der Waals surface area contributed by atoms with E-state index in [1.54, 1.807) is 17.9 Å². The highest BCUT2D eigenvalue weighted by atomic mass is 16.5. The number of ketones is 1. The second kappa shape index (κ2) is 6.43. The van der Waals surface area contributed by atoms with Crippen molar-refractivity contribution in [1.82, 2.24) is 9.88 Å². The Kier molecular flexibility index (Phi) is 4.62. The average molecular weight is 288 g/mol. The zero-order chi connectivity index (χ0) is 15.4. The van der Waals surface area contributed by atoms with E-state index in [1.165, 1.54) is 6.92 Å². The van der Waals surface area contributed by atoms with Gasteiger partial charge in [-0.2, -0.15) is 0 Å². The molecule has 1 heterocycles. The molecule has 0 saturated carbocycles. The Labute approximate surface area is 123 Å². The monoisotopic (exact) mass is 288 g/mol. The molecular formula is C16H20N2O3. The topological polar surface area (TPSA) is 60.3 Å². The first-order valence-corrected chi connectivity index (χ1v) is 7.01. The minimum atomic E-state index is -0.0559. The highest BCUT2D eigenvalue weighted by molar-refractivity contribution is 6.07. The molecule has 1 N–H and O–H groups in total. The number of hydrogen-bond acceptors (Lipinski definition) is 3. The lowest BCUT2D eigenvalue weighted by Crippen LogP contribution is -2.27. The van der Waals surface area contributed by atoms with Crippen LogP contribution in [0, 0.1) is 0 Å². The number of benzene rings is 1. The number of nitrogens with zero attached hydrogens (tertiary/aromatic N) is 1. The molecule has 0 saturated heterocycles. The molecule has 0 radical (unpaired) electrons. The number of fused-ring (bicyclic) bond motifs is 1. The fourth-order valence-electron chi connectivity index (χ4n) is 2.29. The van der Waals surface area contributed by atoms with E-state index < -0.39 is 0 Å². The molecule has 1 aromatic carbocycles. The first-order chi connectivity index (χ1) is 10.1. The van der Waals surface area contributed by atoms with Gasteiger partial charge in [0, 0.05) is 29.2 Å². The van der Waals surface area contributed by atoms with Crippen LogP contribution in [0.1, 0.15) is 30.6 Å². The third kappa shape index (κ3) is 3.24. The number of carbonyl (C=O) groups is 2. The van der Waals surface area contributed by atoms with Crippen molar-refractivity contribution in [3.63, 3.8) is 0 Å². The Morgan fingerprint density at radius 3 is 2.71 bits per heavy atom. The number of carbonyl (C=O) groups excluding carboxylic acids is 2. The lowest BCUT2D eigenvalue weighted by Gasteiger charge is -2.06. The number of rotatable bonds is 6. The normalized spacial score (nSPS) is 10.6. The molecule has 0 spiro atoms. The van der Waals surface area contributed by atoms with Crippen molar-refractivity contribution in [2.24, 2.45) is 0 Å². The molecule has 0 unspecified atom stereocenters. The molecule has 0 bridgehead atoms. The third-order valence-electron chi connectivity index (χ3n) is 3.35. The summed E-state index contributed by atoms with van der Waals surface area (Å²) in [7, 11) is 1.59. The van der Waals surface area contributed by atoms with Crippen molar-refractivity contribution >= 4 is 22.6 Å². The van der Waals surface area contributed by atoms with Gasteiger partial charge in [0.2, 0.25) is 5.91 Å². The molecule has 5 heteroatoms. The number of hydrogen-bond donors (Lipinski definition) is 1. The van der Waals surface area contributed by atoms with E-state index in [0.29, 0.717) is 17.9 Å². The highest BCUT2D eigenvalue weighted by Gasteiger charge is 2.14. The fraction of sp³-hybridized carbons (Fsp3) is 0.375. The first kappa shape index (κ1) is 15.1. The Hall–Kier alpha value is -2.30. The van der Waals surface area contributed by atoms with Crippen LogP contribution >= 0.6 is 0 Å². The lowest BCUT2D eigenvalue weighted by atomic mass is 10.1. The van der Waals surface area contributed by atoms with Gasteiger partial charge in [-0.05, 0) is 31.5 Å². The van der Waals surface area contributed by atoms with E-state index >= 15 is 0 Å². The van der Waals surface area contributed by atoms with Crippen molar-refractivity contribution < 1.29 is 14.3 Å². The van der Waals surface area contributed by atoms with Gasteiger partial charge < -0.3 is 14.6 Å². The number of methoxy groups -OCH3 is 1. The van der Waals surface area contributed by atoms with Crippen LogP contribution in [0.3, 0.4) is 0 Å². The molecule has 112 valence electrons. The Bertz CT molecular complexity index is 673. The van der Waals surface area contributed by atoms with Crippen molar-refractivity contribution in [3.05, 3.63) is 30.0 Å². The fourth-order valence-corrected chi connectivity index (χ4v) is 2.29. The van der Waals surface area contributed by atoms with Gasteiger partial charge in [0.15, 0.2) is 5.78 Å². The number of Topliss-reactive ketones (excluding diaryl/α,β-unsaturated/α-hetero) is 1. The molecule has 0 aliphatic heterocycles. The Morgan fingerprint density at radius 1 is 1.33 bits per heavy atom. The van der Waals surface area contributed by atoms with Crippen molar-refractivity contribution in [2.75, 3.05) is 13.7 Å². The van der Waals surface area contributed by atoms with Gasteiger partial charge in [0.05, 0.1) is 7.11 Å². The van der Waals surface area contributed by atoms with Gasteiger partial charge in [-0.3, -0.25) is 9.59 Å². The Balaban J connectivity index is 2.40. The van der Waals surface area contributed by atoms with Crippen LogP contribution in [0.15, 0.2) is 24.4 Å². The van der Waals surface area contributed by atoms with Crippen molar-refractivity contribution in [1.29, 1.82) is 0 Å². The summed E-state index contributed by atoms with van der Waals surface area (Å²) in [5, 5.41) is 3.65. The van der Waals surface area contributed by atoms with Crippen LogP contribution < -0.4 is 10.1 Å². The second-order valence-electron chi connectivity index (χ2n) is 4.96. The zero-order valence-electron chi connectivity index (χ0n) is 12.6. The van der Waals surface area contributed by atoms with Gasteiger partial charge in [-0.25, -0.2) is 0 Å². The number of amides is 1. The molecule has 2 rings (SSSR count). The van der Waals surface area contributed by atoms with Crippen LogP contribution in [0.4, 0.5) is 0 Å². The molecule has 5 nitrogen and oxygen atoms in total. The minimum absolute atomic E-state index is 0.0269. The second-order valence-corrected chi connectivity index (χ2v) is 4.96. The summed E-state index contributed by atoms with van der Waals surface area (Å²) in [4.78, 5) is 23.7. The number of ether oxygens (including phenoxy) is 1. The molecule has 0 aliphatic rings. The minimum Gasteiger partial charge on any atom is -0.497 e. The summed E-state index contributed by atoms with van der Waals surface area (Å²) in [6, 6.07) is 5.52. The summed E-state index contributed by atoms with van der Waals surface area (Å²) >= 11 is 0. The van der Waals surface area contributed by atoms with E-state index in [0.717, 1.165) is 17.3 Å². The summed E-state index contributed by atoms with van der Waals surface area (Å²) in [5.74, 6) is 0.610. The van der Waals surface area contributed by atoms with Crippen LogP contribution in [0.25, 0.3) is 10.9 Å². The molecule has 1 aromatic heterocycles. The average Bonchev–Trinajstić information content (AvgIpc) is 2.83. The van der Waals surface area contributed by atoms with Crippen molar-refractivity contribution in [3.8, 4) is 5.75 Å². The molecule has 1 amide bonds. The maximum Gasteiger partial charge on any atom is 0.239 e. The van der Waals surface area contributed by atoms with Crippen LogP contribution in [0.2, 0.25) is 0 Å². The largest absolute Gasteiger partial charge is 0.497 e. The molecule has 0 atom stereocenters. The SMILES string of the molecule is CCCNC(=O)Cn1cc(C(C)=O)c2cc(OC)ccc21. The maximum absolute atomic E-state index is 11.9. The Morgan fingerprint density at radius 2 is 2.10 bits per heavy atom.